The van der Waals surface area contributed by atoms with Crippen LogP contribution < -0.4 is 11.1 Å². The summed E-state index contributed by atoms with van der Waals surface area (Å²) in [6.07, 6.45) is 7.20. The Morgan fingerprint density at radius 2 is 1.50 bits per heavy atom. The van der Waals surface area contributed by atoms with Crippen molar-refractivity contribution in [3.05, 3.63) is 0 Å². The Balaban J connectivity index is 2.09. The maximum Gasteiger partial charge on any atom is 0.0827 e. The fourth-order valence-corrected chi connectivity index (χ4v) is 2.97. The summed E-state index contributed by atoms with van der Waals surface area (Å²) in [7, 11) is 0. The third-order valence-electron chi connectivity index (χ3n) is 4.10. The van der Waals surface area contributed by atoms with Crippen LogP contribution in [0.25, 0.3) is 0 Å². The van der Waals surface area contributed by atoms with Gasteiger partial charge in [0.05, 0.1) is 5.60 Å². The van der Waals surface area contributed by atoms with Gasteiger partial charge in [0.2, 0.25) is 0 Å². The molecule has 0 radical (unpaired) electrons. The Hall–Kier alpha value is -0.120. The van der Waals surface area contributed by atoms with Gasteiger partial charge in [-0.2, -0.15) is 0 Å². The highest BCUT2D eigenvalue weighted by Crippen LogP contribution is 2.39. The molecule has 3 heteroatoms. The summed E-state index contributed by atoms with van der Waals surface area (Å²) in [5, 5.41) is 13.9. The summed E-state index contributed by atoms with van der Waals surface area (Å²) in [4.78, 5) is 0. The van der Waals surface area contributed by atoms with Crippen LogP contribution in [-0.4, -0.2) is 29.3 Å². The first-order chi connectivity index (χ1) is 6.66. The van der Waals surface area contributed by atoms with Crippen LogP contribution in [-0.2, 0) is 0 Å². The molecule has 0 aromatic rings. The van der Waals surface area contributed by atoms with Gasteiger partial charge in [-0.1, -0.05) is 19.3 Å². The molecular formula is C11H22N2O. The minimum absolute atomic E-state index is 0.321. The lowest BCUT2D eigenvalue weighted by Crippen LogP contribution is -2.65. The molecule has 0 aromatic heterocycles. The number of rotatable bonds is 1. The molecule has 0 bridgehead atoms. The number of hydrogen-bond acceptors (Lipinski definition) is 3. The van der Waals surface area contributed by atoms with Crippen LogP contribution in [0.1, 0.15) is 44.9 Å². The number of hydrogen-bond donors (Lipinski definition) is 3. The van der Waals surface area contributed by atoms with Gasteiger partial charge in [0, 0.05) is 5.54 Å². The van der Waals surface area contributed by atoms with Gasteiger partial charge in [-0.25, -0.2) is 0 Å². The minimum atomic E-state index is -0.576. The fourth-order valence-electron chi connectivity index (χ4n) is 2.97. The SMILES string of the molecule is NC1(C2(O)CCCCC2)CCNCC1. The predicted molar refractivity (Wildman–Crippen MR) is 57.1 cm³/mol. The van der Waals surface area contributed by atoms with E-state index in [0.29, 0.717) is 0 Å². The summed E-state index contributed by atoms with van der Waals surface area (Å²) in [6, 6.07) is 0. The second kappa shape index (κ2) is 3.80. The highest BCUT2D eigenvalue weighted by atomic mass is 16.3. The lowest BCUT2D eigenvalue weighted by molar-refractivity contribution is -0.0751. The van der Waals surface area contributed by atoms with Gasteiger partial charge in [0.1, 0.15) is 0 Å². The van der Waals surface area contributed by atoms with Crippen molar-refractivity contribution in [3.8, 4) is 0 Å². The number of nitrogens with one attached hydrogen (secondary N) is 1. The third kappa shape index (κ3) is 1.69. The van der Waals surface area contributed by atoms with Gasteiger partial charge in [0.15, 0.2) is 0 Å². The molecule has 4 N–H and O–H groups in total. The van der Waals surface area contributed by atoms with Crippen molar-refractivity contribution in [2.24, 2.45) is 5.73 Å². The van der Waals surface area contributed by atoms with E-state index in [0.717, 1.165) is 51.6 Å². The zero-order chi connectivity index (χ0) is 10.1. The molecule has 0 spiro atoms. The van der Waals surface area contributed by atoms with E-state index in [9.17, 15) is 5.11 Å². The Morgan fingerprint density at radius 1 is 0.929 bits per heavy atom. The number of piperidine rings is 1. The zero-order valence-electron chi connectivity index (χ0n) is 8.89. The van der Waals surface area contributed by atoms with E-state index in [-0.39, 0.29) is 5.54 Å². The van der Waals surface area contributed by atoms with Gasteiger partial charge in [-0.3, -0.25) is 0 Å². The second-order valence-corrected chi connectivity index (χ2v) is 5.00. The second-order valence-electron chi connectivity index (χ2n) is 5.00. The Kier molecular flexibility index (Phi) is 2.82. The average Bonchev–Trinajstić information content (AvgIpc) is 2.20. The monoisotopic (exact) mass is 198 g/mol. The molecule has 3 nitrogen and oxygen atoms in total. The van der Waals surface area contributed by atoms with Gasteiger partial charge in [0.25, 0.3) is 0 Å². The van der Waals surface area contributed by atoms with E-state index >= 15 is 0 Å². The van der Waals surface area contributed by atoms with Crippen LogP contribution in [0, 0.1) is 0 Å². The molecule has 0 amide bonds. The summed E-state index contributed by atoms with van der Waals surface area (Å²) in [6.45, 7) is 1.91. The third-order valence-corrected chi connectivity index (χ3v) is 4.10. The van der Waals surface area contributed by atoms with Crippen LogP contribution in [0.5, 0.6) is 0 Å². The molecule has 14 heavy (non-hydrogen) atoms. The van der Waals surface area contributed by atoms with Crippen molar-refractivity contribution in [1.29, 1.82) is 0 Å². The Morgan fingerprint density at radius 3 is 2.07 bits per heavy atom. The van der Waals surface area contributed by atoms with Gasteiger partial charge < -0.3 is 16.2 Å². The molecule has 1 saturated carbocycles. The summed E-state index contributed by atoms with van der Waals surface area (Å²) in [5.74, 6) is 0. The first kappa shape index (κ1) is 10.4. The Bertz CT molecular complexity index is 171. The first-order valence-corrected chi connectivity index (χ1v) is 5.88. The van der Waals surface area contributed by atoms with Crippen LogP contribution in [0.2, 0.25) is 0 Å². The summed E-state index contributed by atoms with van der Waals surface area (Å²) >= 11 is 0. The Labute approximate surface area is 86.1 Å². The topological polar surface area (TPSA) is 58.3 Å². The van der Waals surface area contributed by atoms with Crippen molar-refractivity contribution >= 4 is 0 Å². The van der Waals surface area contributed by atoms with Crippen molar-refractivity contribution in [1.82, 2.24) is 5.32 Å². The lowest BCUT2D eigenvalue weighted by Gasteiger charge is -2.49. The highest BCUT2D eigenvalue weighted by molar-refractivity contribution is 5.06. The molecule has 2 fully saturated rings. The average molecular weight is 198 g/mol. The van der Waals surface area contributed by atoms with E-state index in [2.05, 4.69) is 5.32 Å². The molecule has 0 unspecified atom stereocenters. The molecular weight excluding hydrogens is 176 g/mol. The fraction of sp³-hybridized carbons (Fsp3) is 1.00. The van der Waals surface area contributed by atoms with E-state index in [1.807, 2.05) is 0 Å². The highest BCUT2D eigenvalue weighted by Gasteiger charge is 2.47. The number of nitrogens with two attached hydrogens (primary N) is 1. The molecule has 2 rings (SSSR count). The first-order valence-electron chi connectivity index (χ1n) is 5.88. The van der Waals surface area contributed by atoms with E-state index in [4.69, 9.17) is 5.73 Å². The van der Waals surface area contributed by atoms with Crippen molar-refractivity contribution in [2.45, 2.75) is 56.1 Å². The largest absolute Gasteiger partial charge is 0.388 e. The van der Waals surface area contributed by atoms with E-state index in [1.165, 1.54) is 6.42 Å². The van der Waals surface area contributed by atoms with Crippen LogP contribution in [0.4, 0.5) is 0 Å². The minimum Gasteiger partial charge on any atom is -0.388 e. The smallest absolute Gasteiger partial charge is 0.0827 e. The normalized spacial score (nSPS) is 31.3. The summed E-state index contributed by atoms with van der Waals surface area (Å²) < 4.78 is 0. The molecule has 82 valence electrons. The standard InChI is InChI=1S/C11H22N2O/c12-10(6-8-13-9-7-10)11(14)4-2-1-3-5-11/h13-14H,1-9,12H2. The van der Waals surface area contributed by atoms with Gasteiger partial charge >= 0.3 is 0 Å². The molecule has 0 aromatic carbocycles. The van der Waals surface area contributed by atoms with Gasteiger partial charge in [-0.05, 0) is 38.8 Å². The van der Waals surface area contributed by atoms with E-state index < -0.39 is 5.60 Å². The maximum absolute atomic E-state index is 10.6. The van der Waals surface area contributed by atoms with E-state index in [1.54, 1.807) is 0 Å². The van der Waals surface area contributed by atoms with Crippen LogP contribution in [0.15, 0.2) is 0 Å². The zero-order valence-corrected chi connectivity index (χ0v) is 8.89. The molecule has 0 atom stereocenters. The lowest BCUT2D eigenvalue weighted by atomic mass is 9.67. The molecule has 1 heterocycles. The maximum atomic E-state index is 10.6. The molecule has 2 aliphatic rings. The van der Waals surface area contributed by atoms with Crippen molar-refractivity contribution in [2.75, 3.05) is 13.1 Å². The predicted octanol–water partition coefficient (Wildman–Crippen LogP) is 0.762. The molecule has 1 saturated heterocycles. The van der Waals surface area contributed by atoms with Crippen LogP contribution in [0.3, 0.4) is 0 Å². The van der Waals surface area contributed by atoms with Gasteiger partial charge in [-0.15, -0.1) is 0 Å². The number of aliphatic hydroxyl groups is 1. The van der Waals surface area contributed by atoms with Crippen molar-refractivity contribution < 1.29 is 5.11 Å². The van der Waals surface area contributed by atoms with Crippen molar-refractivity contribution in [3.63, 3.8) is 0 Å². The van der Waals surface area contributed by atoms with Crippen LogP contribution >= 0.6 is 0 Å². The molecule has 1 aliphatic heterocycles. The summed E-state index contributed by atoms with van der Waals surface area (Å²) in [5.41, 5.74) is 5.48. The quantitative estimate of drug-likeness (QED) is 0.583. The molecule has 1 aliphatic carbocycles.